The minimum Gasteiger partial charge on any atom is -0.343 e. The molecule has 6 nitrogen and oxygen atoms in total. The Hall–Kier alpha value is -2.63. The van der Waals surface area contributed by atoms with Gasteiger partial charge in [0, 0.05) is 43.9 Å². The van der Waals surface area contributed by atoms with Crippen LogP contribution in [-0.4, -0.2) is 47.0 Å². The van der Waals surface area contributed by atoms with Crippen LogP contribution >= 0.6 is 0 Å². The van der Waals surface area contributed by atoms with Crippen LogP contribution in [0.15, 0.2) is 36.4 Å². The van der Waals surface area contributed by atoms with Crippen molar-refractivity contribution in [1.29, 1.82) is 0 Å². The van der Waals surface area contributed by atoms with Crippen LogP contribution < -0.4 is 4.90 Å². The second kappa shape index (κ2) is 8.17. The van der Waals surface area contributed by atoms with Gasteiger partial charge in [0.15, 0.2) is 5.69 Å². The Morgan fingerprint density at radius 3 is 2.58 bits per heavy atom. The lowest BCUT2D eigenvalue weighted by Crippen LogP contribution is -2.37. The van der Waals surface area contributed by atoms with Crippen LogP contribution in [0, 0.1) is 0 Å². The minimum absolute atomic E-state index is 0.130. The van der Waals surface area contributed by atoms with Crippen molar-refractivity contribution in [2.24, 2.45) is 0 Å². The van der Waals surface area contributed by atoms with Crippen molar-refractivity contribution in [3.05, 3.63) is 47.8 Å². The molecule has 138 valence electrons. The predicted molar refractivity (Wildman–Crippen MR) is 101 cm³/mol. The van der Waals surface area contributed by atoms with Gasteiger partial charge in [-0.1, -0.05) is 25.1 Å². The number of rotatable bonds is 5. The summed E-state index contributed by atoms with van der Waals surface area (Å²) in [7, 11) is 1.75. The average molecular weight is 354 g/mol. The van der Waals surface area contributed by atoms with Crippen molar-refractivity contribution < 1.29 is 9.59 Å². The number of piperidine rings is 1. The zero-order chi connectivity index (χ0) is 18.5. The van der Waals surface area contributed by atoms with Crippen LogP contribution in [0.4, 0.5) is 5.69 Å². The standard InChI is InChI=1S/C20H26N4O2/c1-3-7-19(25)24-12-10-15(11-13-24)17-14-18(22-21-17)20(26)23(2)16-8-5-4-6-9-16/h4-6,8-9,14-15H,3,7,10-13H2,1-2H3,(H,21,22). The Morgan fingerprint density at radius 1 is 1.23 bits per heavy atom. The number of H-pyrrole nitrogens is 1. The molecule has 0 unspecified atom stereocenters. The van der Waals surface area contributed by atoms with Gasteiger partial charge in [-0.3, -0.25) is 14.7 Å². The zero-order valence-electron chi connectivity index (χ0n) is 15.4. The summed E-state index contributed by atoms with van der Waals surface area (Å²) in [6, 6.07) is 11.4. The van der Waals surface area contributed by atoms with E-state index in [0.29, 0.717) is 18.0 Å². The number of carbonyl (C=O) groups is 2. The SMILES string of the molecule is CCCC(=O)N1CCC(c2cc(C(=O)N(C)c3ccccc3)n[nH]2)CC1. The first-order valence-corrected chi connectivity index (χ1v) is 9.26. The molecule has 1 aliphatic heterocycles. The van der Waals surface area contributed by atoms with E-state index in [1.807, 2.05) is 48.2 Å². The number of nitrogens with zero attached hydrogens (tertiary/aromatic N) is 3. The third-order valence-corrected chi connectivity index (χ3v) is 5.02. The summed E-state index contributed by atoms with van der Waals surface area (Å²) in [6.07, 6.45) is 3.32. The lowest BCUT2D eigenvalue weighted by atomic mass is 9.93. The van der Waals surface area contributed by atoms with Crippen molar-refractivity contribution in [3.63, 3.8) is 0 Å². The maximum Gasteiger partial charge on any atom is 0.278 e. The van der Waals surface area contributed by atoms with Gasteiger partial charge in [0.05, 0.1) is 0 Å². The number of amides is 2. The third kappa shape index (κ3) is 3.95. The number of para-hydroxylation sites is 1. The van der Waals surface area contributed by atoms with Gasteiger partial charge in [0.1, 0.15) is 0 Å². The average Bonchev–Trinajstić information content (AvgIpc) is 3.18. The van der Waals surface area contributed by atoms with Gasteiger partial charge in [-0.25, -0.2) is 0 Å². The molecule has 1 aromatic carbocycles. The number of aromatic amines is 1. The number of aromatic nitrogens is 2. The van der Waals surface area contributed by atoms with Crippen LogP contribution in [0.3, 0.4) is 0 Å². The van der Waals surface area contributed by atoms with Crippen molar-refractivity contribution in [3.8, 4) is 0 Å². The van der Waals surface area contributed by atoms with Gasteiger partial charge in [-0.15, -0.1) is 0 Å². The molecule has 2 amide bonds. The molecule has 2 heterocycles. The first-order chi connectivity index (χ1) is 12.6. The summed E-state index contributed by atoms with van der Waals surface area (Å²) >= 11 is 0. The molecule has 1 N–H and O–H groups in total. The summed E-state index contributed by atoms with van der Waals surface area (Å²) in [5.74, 6) is 0.432. The van der Waals surface area contributed by atoms with Crippen molar-refractivity contribution in [2.75, 3.05) is 25.0 Å². The fourth-order valence-corrected chi connectivity index (χ4v) is 3.41. The second-order valence-corrected chi connectivity index (χ2v) is 6.81. The van der Waals surface area contributed by atoms with Crippen LogP contribution in [0.5, 0.6) is 0 Å². The Kier molecular flexibility index (Phi) is 5.71. The molecular weight excluding hydrogens is 328 g/mol. The number of nitrogens with one attached hydrogen (secondary N) is 1. The molecule has 0 radical (unpaired) electrons. The smallest absolute Gasteiger partial charge is 0.278 e. The maximum atomic E-state index is 12.6. The highest BCUT2D eigenvalue weighted by Crippen LogP contribution is 2.28. The van der Waals surface area contributed by atoms with Gasteiger partial charge in [0.25, 0.3) is 5.91 Å². The van der Waals surface area contributed by atoms with Gasteiger partial charge < -0.3 is 9.80 Å². The van der Waals surface area contributed by atoms with Gasteiger partial charge >= 0.3 is 0 Å². The molecule has 0 spiro atoms. The van der Waals surface area contributed by atoms with E-state index in [1.54, 1.807) is 11.9 Å². The molecule has 2 aromatic rings. The molecule has 1 aromatic heterocycles. The predicted octanol–water partition coefficient (Wildman–Crippen LogP) is 3.19. The summed E-state index contributed by atoms with van der Waals surface area (Å²) in [5, 5.41) is 7.26. The second-order valence-electron chi connectivity index (χ2n) is 6.81. The quantitative estimate of drug-likeness (QED) is 0.896. The highest BCUT2D eigenvalue weighted by atomic mass is 16.2. The number of likely N-dealkylation sites (tertiary alicyclic amines) is 1. The normalized spacial score (nSPS) is 15.1. The minimum atomic E-state index is -0.130. The highest BCUT2D eigenvalue weighted by molar-refractivity contribution is 6.04. The van der Waals surface area contributed by atoms with Gasteiger partial charge in [-0.2, -0.15) is 5.10 Å². The summed E-state index contributed by atoms with van der Waals surface area (Å²) in [6.45, 7) is 3.58. The molecule has 1 fully saturated rings. The number of hydrogen-bond donors (Lipinski definition) is 1. The highest BCUT2D eigenvalue weighted by Gasteiger charge is 2.26. The third-order valence-electron chi connectivity index (χ3n) is 5.02. The van der Waals surface area contributed by atoms with E-state index >= 15 is 0 Å². The Morgan fingerprint density at radius 2 is 1.92 bits per heavy atom. The van der Waals surface area contributed by atoms with Crippen LogP contribution in [0.2, 0.25) is 0 Å². The molecule has 0 atom stereocenters. The Labute approximate surface area is 154 Å². The summed E-state index contributed by atoms with van der Waals surface area (Å²) in [4.78, 5) is 28.2. The number of carbonyl (C=O) groups excluding carboxylic acids is 2. The van der Waals surface area contributed by atoms with Crippen molar-refractivity contribution in [1.82, 2.24) is 15.1 Å². The van der Waals surface area contributed by atoms with Gasteiger partial charge in [0.2, 0.25) is 5.91 Å². The number of benzene rings is 1. The van der Waals surface area contributed by atoms with Crippen molar-refractivity contribution in [2.45, 2.75) is 38.5 Å². The molecule has 0 aliphatic carbocycles. The van der Waals surface area contributed by atoms with E-state index in [-0.39, 0.29) is 11.8 Å². The maximum absolute atomic E-state index is 12.6. The van der Waals surface area contributed by atoms with E-state index in [0.717, 1.165) is 43.7 Å². The van der Waals surface area contributed by atoms with E-state index in [4.69, 9.17) is 0 Å². The van der Waals surface area contributed by atoms with Crippen LogP contribution in [-0.2, 0) is 4.79 Å². The topological polar surface area (TPSA) is 69.3 Å². The monoisotopic (exact) mass is 354 g/mol. The van der Waals surface area contributed by atoms with E-state index < -0.39 is 0 Å². The molecule has 0 saturated carbocycles. The number of hydrogen-bond acceptors (Lipinski definition) is 3. The fourth-order valence-electron chi connectivity index (χ4n) is 3.41. The first kappa shape index (κ1) is 18.2. The fraction of sp³-hybridized carbons (Fsp3) is 0.450. The molecular formula is C20H26N4O2. The molecule has 1 saturated heterocycles. The largest absolute Gasteiger partial charge is 0.343 e. The number of anilines is 1. The first-order valence-electron chi connectivity index (χ1n) is 9.26. The van der Waals surface area contributed by atoms with Gasteiger partial charge in [-0.05, 0) is 37.5 Å². The summed E-state index contributed by atoms with van der Waals surface area (Å²) in [5.41, 5.74) is 2.25. The molecule has 26 heavy (non-hydrogen) atoms. The van der Waals surface area contributed by atoms with Crippen LogP contribution in [0.1, 0.15) is 54.7 Å². The Balaban J connectivity index is 1.62. The molecule has 0 bridgehead atoms. The van der Waals surface area contributed by atoms with Crippen molar-refractivity contribution >= 4 is 17.5 Å². The lowest BCUT2D eigenvalue weighted by Gasteiger charge is -2.31. The molecule has 3 rings (SSSR count). The molecule has 6 heteroatoms. The lowest BCUT2D eigenvalue weighted by molar-refractivity contribution is -0.132. The summed E-state index contributed by atoms with van der Waals surface area (Å²) < 4.78 is 0. The van der Waals surface area contributed by atoms with E-state index in [2.05, 4.69) is 10.2 Å². The Bertz CT molecular complexity index is 748. The van der Waals surface area contributed by atoms with E-state index in [9.17, 15) is 9.59 Å². The molecule has 1 aliphatic rings. The van der Waals surface area contributed by atoms with Crippen LogP contribution in [0.25, 0.3) is 0 Å². The van der Waals surface area contributed by atoms with E-state index in [1.165, 1.54) is 0 Å². The zero-order valence-corrected chi connectivity index (χ0v) is 15.4.